The number of aliphatic hydroxyl groups excluding tert-OH is 1. The zero-order valence-electron chi connectivity index (χ0n) is 11.2. The van der Waals surface area contributed by atoms with E-state index in [2.05, 4.69) is 4.98 Å². The average Bonchev–Trinajstić information content (AvgIpc) is 2.83. The van der Waals surface area contributed by atoms with Crippen LogP contribution in [0.3, 0.4) is 0 Å². The molecule has 0 amide bonds. The molecule has 1 aromatic heterocycles. The summed E-state index contributed by atoms with van der Waals surface area (Å²) in [6.45, 7) is 3.34. The van der Waals surface area contributed by atoms with Crippen molar-refractivity contribution in [1.29, 1.82) is 0 Å². The number of anilines is 1. The first-order valence-corrected chi connectivity index (χ1v) is 6.38. The van der Waals surface area contributed by atoms with Gasteiger partial charge in [0.05, 0.1) is 6.61 Å². The van der Waals surface area contributed by atoms with Gasteiger partial charge in [0.25, 0.3) is 0 Å². The number of hydrogen-bond acceptors (Lipinski definition) is 7. The fraction of sp³-hybridized carbons (Fsp3) is 0.667. The first kappa shape index (κ1) is 13.5. The number of nitrogen functional groups attached to an aromatic ring is 1. The van der Waals surface area contributed by atoms with Gasteiger partial charge in [-0.25, -0.2) is 4.79 Å². The Balaban J connectivity index is 1.96. The van der Waals surface area contributed by atoms with Gasteiger partial charge in [-0.2, -0.15) is 4.98 Å². The number of nitrogens with two attached hydrogens (primary N) is 1. The molecule has 2 aliphatic heterocycles. The molecule has 0 unspecified atom stereocenters. The minimum Gasteiger partial charge on any atom is -0.394 e. The smallest absolute Gasteiger partial charge is 0.351 e. The van der Waals surface area contributed by atoms with E-state index in [0.29, 0.717) is 0 Å². The molecule has 110 valence electrons. The molecule has 2 saturated heterocycles. The van der Waals surface area contributed by atoms with Gasteiger partial charge in [-0.1, -0.05) is 0 Å². The van der Waals surface area contributed by atoms with Gasteiger partial charge < -0.3 is 25.1 Å². The van der Waals surface area contributed by atoms with E-state index >= 15 is 0 Å². The van der Waals surface area contributed by atoms with Gasteiger partial charge in [0.2, 0.25) is 0 Å². The highest BCUT2D eigenvalue weighted by atomic mass is 16.8. The van der Waals surface area contributed by atoms with Gasteiger partial charge in [-0.15, -0.1) is 0 Å². The lowest BCUT2D eigenvalue weighted by Crippen LogP contribution is -2.35. The van der Waals surface area contributed by atoms with Crippen molar-refractivity contribution in [1.82, 2.24) is 9.55 Å². The second-order valence-electron chi connectivity index (χ2n) is 5.35. The molecule has 0 spiro atoms. The van der Waals surface area contributed by atoms with Gasteiger partial charge in [0.1, 0.15) is 24.1 Å². The summed E-state index contributed by atoms with van der Waals surface area (Å²) in [6, 6.07) is 1.51. The van der Waals surface area contributed by atoms with Gasteiger partial charge in [-0.3, -0.25) is 4.57 Å². The predicted octanol–water partition coefficient (Wildman–Crippen LogP) is -0.765. The molecule has 8 heteroatoms. The lowest BCUT2D eigenvalue weighted by Gasteiger charge is -2.24. The van der Waals surface area contributed by atoms with Crippen molar-refractivity contribution in [3.63, 3.8) is 0 Å². The third-order valence-corrected chi connectivity index (χ3v) is 3.43. The molecule has 0 saturated carbocycles. The van der Waals surface area contributed by atoms with E-state index in [1.165, 1.54) is 16.8 Å². The molecule has 0 aliphatic carbocycles. The van der Waals surface area contributed by atoms with E-state index in [-0.39, 0.29) is 12.4 Å². The van der Waals surface area contributed by atoms with Crippen LogP contribution in [0.5, 0.6) is 0 Å². The Kier molecular flexibility index (Phi) is 3.05. The maximum atomic E-state index is 11.9. The van der Waals surface area contributed by atoms with E-state index in [1.54, 1.807) is 13.8 Å². The van der Waals surface area contributed by atoms with Crippen LogP contribution in [-0.2, 0) is 14.2 Å². The highest BCUT2D eigenvalue weighted by molar-refractivity contribution is 5.23. The van der Waals surface area contributed by atoms with Crippen LogP contribution in [-0.4, -0.2) is 45.4 Å². The molecule has 8 nitrogen and oxygen atoms in total. The van der Waals surface area contributed by atoms with E-state index in [1.807, 2.05) is 0 Å². The second-order valence-corrected chi connectivity index (χ2v) is 5.35. The number of ether oxygens (including phenoxy) is 3. The van der Waals surface area contributed by atoms with Crippen LogP contribution in [0, 0.1) is 0 Å². The second kappa shape index (κ2) is 4.52. The zero-order valence-corrected chi connectivity index (χ0v) is 11.2. The van der Waals surface area contributed by atoms with Crippen molar-refractivity contribution in [2.45, 2.75) is 44.2 Å². The van der Waals surface area contributed by atoms with Crippen LogP contribution in [0.25, 0.3) is 0 Å². The number of aromatic nitrogens is 2. The Morgan fingerprint density at radius 3 is 2.80 bits per heavy atom. The van der Waals surface area contributed by atoms with Gasteiger partial charge in [-0.05, 0) is 19.9 Å². The third-order valence-electron chi connectivity index (χ3n) is 3.43. The minimum absolute atomic E-state index is 0.142. The van der Waals surface area contributed by atoms with Crippen molar-refractivity contribution in [3.05, 3.63) is 22.7 Å². The number of rotatable bonds is 2. The zero-order chi connectivity index (χ0) is 14.5. The highest BCUT2D eigenvalue weighted by Gasteiger charge is 2.55. The van der Waals surface area contributed by atoms with Crippen molar-refractivity contribution in [3.8, 4) is 0 Å². The minimum atomic E-state index is -0.782. The first-order chi connectivity index (χ1) is 9.41. The molecule has 3 rings (SSSR count). The molecule has 2 aliphatic rings. The van der Waals surface area contributed by atoms with Crippen LogP contribution < -0.4 is 11.4 Å². The summed E-state index contributed by atoms with van der Waals surface area (Å²) in [6.07, 6.45) is -0.647. The molecule has 20 heavy (non-hydrogen) atoms. The quantitative estimate of drug-likeness (QED) is 0.734. The monoisotopic (exact) mass is 283 g/mol. The molecule has 0 radical (unpaired) electrons. The summed E-state index contributed by atoms with van der Waals surface area (Å²) < 4.78 is 18.5. The molecule has 4 atom stereocenters. The van der Waals surface area contributed by atoms with Crippen LogP contribution in [0.1, 0.15) is 20.1 Å². The van der Waals surface area contributed by atoms with Crippen LogP contribution >= 0.6 is 0 Å². The van der Waals surface area contributed by atoms with Crippen molar-refractivity contribution >= 4 is 5.82 Å². The summed E-state index contributed by atoms with van der Waals surface area (Å²) >= 11 is 0. The summed E-state index contributed by atoms with van der Waals surface area (Å²) in [7, 11) is 0. The third kappa shape index (κ3) is 2.10. The number of fused-ring (bicyclic) bond motifs is 1. The fourth-order valence-electron chi connectivity index (χ4n) is 2.65. The Bertz CT molecular complexity index is 572. The molecule has 3 N–H and O–H groups in total. The van der Waals surface area contributed by atoms with E-state index in [9.17, 15) is 9.90 Å². The molecule has 1 aromatic rings. The number of aliphatic hydroxyl groups is 1. The lowest BCUT2D eigenvalue weighted by atomic mass is 10.1. The average molecular weight is 283 g/mol. The Labute approximate surface area is 115 Å². The van der Waals surface area contributed by atoms with Crippen LogP contribution in [0.4, 0.5) is 5.82 Å². The highest BCUT2D eigenvalue weighted by Crippen LogP contribution is 2.42. The predicted molar refractivity (Wildman–Crippen MR) is 67.7 cm³/mol. The van der Waals surface area contributed by atoms with Gasteiger partial charge in [0, 0.05) is 6.20 Å². The number of hydrogen-bond donors (Lipinski definition) is 2. The summed E-state index contributed by atoms with van der Waals surface area (Å²) in [5.41, 5.74) is 4.94. The Morgan fingerprint density at radius 1 is 1.45 bits per heavy atom. The first-order valence-electron chi connectivity index (χ1n) is 6.38. The van der Waals surface area contributed by atoms with E-state index < -0.39 is 36.0 Å². The summed E-state index contributed by atoms with van der Waals surface area (Å²) in [5.74, 6) is -0.640. The Hall–Kier alpha value is -1.48. The van der Waals surface area contributed by atoms with Crippen molar-refractivity contribution in [2.75, 3.05) is 12.3 Å². The SMILES string of the molecule is CC1(C)O[C@@H]2[C@@H](O1)[C@@H](n1ccc(N)nc1=O)O[C@H]2CO. The molecular weight excluding hydrogens is 266 g/mol. The van der Waals surface area contributed by atoms with E-state index in [4.69, 9.17) is 19.9 Å². The largest absolute Gasteiger partial charge is 0.394 e. The summed E-state index contributed by atoms with van der Waals surface area (Å²) in [5, 5.41) is 9.38. The molecule has 0 bridgehead atoms. The topological polar surface area (TPSA) is 109 Å². The van der Waals surface area contributed by atoms with Gasteiger partial charge >= 0.3 is 5.69 Å². The molecule has 0 aromatic carbocycles. The van der Waals surface area contributed by atoms with Crippen LogP contribution in [0.2, 0.25) is 0 Å². The standard InChI is InChI=1S/C12H17N3O5/c1-12(2)19-8-6(5-16)18-10(9(8)20-12)15-4-3-7(13)14-11(15)17/h3-4,6,8-10,16H,5H2,1-2H3,(H2,13,14,17)/t6-,8-,9+,10-/m0/s1. The molecular formula is C12H17N3O5. The normalized spacial score (nSPS) is 35.1. The van der Waals surface area contributed by atoms with Crippen molar-refractivity contribution in [2.24, 2.45) is 0 Å². The van der Waals surface area contributed by atoms with Crippen LogP contribution in [0.15, 0.2) is 17.1 Å². The molecule has 2 fully saturated rings. The number of nitrogens with zero attached hydrogens (tertiary/aromatic N) is 2. The summed E-state index contributed by atoms with van der Waals surface area (Å²) in [4.78, 5) is 15.6. The lowest BCUT2D eigenvalue weighted by molar-refractivity contribution is -0.200. The Morgan fingerprint density at radius 2 is 2.15 bits per heavy atom. The maximum absolute atomic E-state index is 11.9. The fourth-order valence-corrected chi connectivity index (χ4v) is 2.65. The molecule has 3 heterocycles. The van der Waals surface area contributed by atoms with Gasteiger partial charge in [0.15, 0.2) is 12.0 Å². The van der Waals surface area contributed by atoms with E-state index in [0.717, 1.165) is 0 Å². The van der Waals surface area contributed by atoms with Crippen molar-refractivity contribution < 1.29 is 19.3 Å². The maximum Gasteiger partial charge on any atom is 0.351 e.